The molecule has 1 amide bonds. The van der Waals surface area contributed by atoms with Crippen LogP contribution in [0.2, 0.25) is 0 Å². The average Bonchev–Trinajstić information content (AvgIpc) is 3.20. The number of fused-ring (bicyclic) bond motifs is 1. The third kappa shape index (κ3) is 2.21. The first-order valence-corrected chi connectivity index (χ1v) is 7.76. The number of carbonyl (C=O) groups excluding carboxylic acids is 1. The highest BCUT2D eigenvalue weighted by atomic mass is 32.1. The summed E-state index contributed by atoms with van der Waals surface area (Å²) >= 11 is 1.49. The summed E-state index contributed by atoms with van der Waals surface area (Å²) in [5, 5.41) is 8.11. The summed E-state index contributed by atoms with van der Waals surface area (Å²) < 4.78 is 2.85. The first-order chi connectivity index (χ1) is 10.2. The molecule has 0 spiro atoms. The molecule has 4 rings (SSSR count). The summed E-state index contributed by atoms with van der Waals surface area (Å²) in [5.74, 6) is 0.270. The maximum Gasteiger partial charge on any atom is 0.229 e. The van der Waals surface area contributed by atoms with Gasteiger partial charge in [-0.3, -0.25) is 4.79 Å². The van der Waals surface area contributed by atoms with Gasteiger partial charge in [0.1, 0.15) is 0 Å². The SMILES string of the molecule is Cc1nn(-c2ccccc2)c2nc(NC(=O)C3CC3)sc12. The molecule has 2 aromatic heterocycles. The van der Waals surface area contributed by atoms with Crippen molar-refractivity contribution in [2.75, 3.05) is 5.32 Å². The second-order valence-electron chi connectivity index (χ2n) is 5.27. The predicted octanol–water partition coefficient (Wildman–Crippen LogP) is 3.14. The van der Waals surface area contributed by atoms with Crippen LogP contribution in [0.3, 0.4) is 0 Å². The highest BCUT2D eigenvalue weighted by Gasteiger charge is 2.30. The molecule has 3 aromatic rings. The number of nitrogens with zero attached hydrogens (tertiary/aromatic N) is 3. The normalized spacial score (nSPS) is 14.5. The van der Waals surface area contributed by atoms with Crippen LogP contribution in [0.5, 0.6) is 0 Å². The zero-order chi connectivity index (χ0) is 14.4. The number of nitrogens with one attached hydrogen (secondary N) is 1. The van der Waals surface area contributed by atoms with Crippen molar-refractivity contribution in [2.45, 2.75) is 19.8 Å². The van der Waals surface area contributed by atoms with Gasteiger partial charge in [-0.05, 0) is 31.9 Å². The fourth-order valence-corrected chi connectivity index (χ4v) is 3.18. The molecular weight excluding hydrogens is 284 g/mol. The predicted molar refractivity (Wildman–Crippen MR) is 82.8 cm³/mol. The minimum Gasteiger partial charge on any atom is -0.302 e. The maximum atomic E-state index is 11.8. The van der Waals surface area contributed by atoms with Crippen LogP contribution in [-0.2, 0) is 4.79 Å². The van der Waals surface area contributed by atoms with Gasteiger partial charge in [0.05, 0.1) is 16.1 Å². The van der Waals surface area contributed by atoms with E-state index in [4.69, 9.17) is 0 Å². The molecule has 0 aliphatic heterocycles. The lowest BCUT2D eigenvalue weighted by Gasteiger charge is -2.01. The lowest BCUT2D eigenvalue weighted by molar-refractivity contribution is -0.117. The lowest BCUT2D eigenvalue weighted by Crippen LogP contribution is -2.13. The molecule has 0 unspecified atom stereocenters. The number of anilines is 1. The Balaban J connectivity index is 1.75. The van der Waals surface area contributed by atoms with E-state index in [0.29, 0.717) is 5.13 Å². The Morgan fingerprint density at radius 1 is 1.33 bits per heavy atom. The highest BCUT2D eigenvalue weighted by molar-refractivity contribution is 7.22. The molecule has 6 heteroatoms. The van der Waals surface area contributed by atoms with Crippen LogP contribution in [0.15, 0.2) is 30.3 Å². The second kappa shape index (κ2) is 4.66. The molecule has 21 heavy (non-hydrogen) atoms. The summed E-state index contributed by atoms with van der Waals surface area (Å²) in [4.78, 5) is 16.4. The van der Waals surface area contributed by atoms with Crippen LogP contribution in [0.1, 0.15) is 18.5 Å². The van der Waals surface area contributed by atoms with Crippen molar-refractivity contribution in [2.24, 2.45) is 5.92 Å². The second-order valence-corrected chi connectivity index (χ2v) is 6.27. The molecule has 1 N–H and O–H groups in total. The van der Waals surface area contributed by atoms with E-state index < -0.39 is 0 Å². The number of hydrogen-bond acceptors (Lipinski definition) is 4. The highest BCUT2D eigenvalue weighted by Crippen LogP contribution is 2.33. The zero-order valence-corrected chi connectivity index (χ0v) is 12.4. The van der Waals surface area contributed by atoms with Gasteiger partial charge in [0, 0.05) is 5.92 Å². The summed E-state index contributed by atoms with van der Waals surface area (Å²) in [6.07, 6.45) is 1.99. The Morgan fingerprint density at radius 2 is 2.10 bits per heavy atom. The molecule has 2 heterocycles. The van der Waals surface area contributed by atoms with Gasteiger partial charge in [0.25, 0.3) is 0 Å². The van der Waals surface area contributed by atoms with Crippen molar-refractivity contribution in [3.05, 3.63) is 36.0 Å². The van der Waals surface area contributed by atoms with E-state index in [9.17, 15) is 4.79 Å². The van der Waals surface area contributed by atoms with Gasteiger partial charge < -0.3 is 5.32 Å². The minimum absolute atomic E-state index is 0.0864. The molecule has 0 radical (unpaired) electrons. The van der Waals surface area contributed by atoms with Crippen LogP contribution in [0, 0.1) is 12.8 Å². The third-order valence-corrected chi connectivity index (χ3v) is 4.64. The summed E-state index contributed by atoms with van der Waals surface area (Å²) in [6.45, 7) is 1.96. The number of benzene rings is 1. The molecule has 0 saturated heterocycles. The Hall–Kier alpha value is -2.21. The number of hydrogen-bond donors (Lipinski definition) is 1. The lowest BCUT2D eigenvalue weighted by atomic mass is 10.3. The van der Waals surface area contributed by atoms with E-state index in [1.165, 1.54) is 11.3 Å². The van der Waals surface area contributed by atoms with Crippen molar-refractivity contribution in [1.82, 2.24) is 14.8 Å². The average molecular weight is 298 g/mol. The van der Waals surface area contributed by atoms with Gasteiger partial charge in [-0.25, -0.2) is 4.68 Å². The van der Waals surface area contributed by atoms with Crippen LogP contribution < -0.4 is 5.32 Å². The molecule has 5 nitrogen and oxygen atoms in total. The van der Waals surface area contributed by atoms with Crippen LogP contribution in [-0.4, -0.2) is 20.7 Å². The number of carbonyl (C=O) groups is 1. The van der Waals surface area contributed by atoms with Crippen molar-refractivity contribution in [1.29, 1.82) is 0 Å². The molecule has 106 valence electrons. The maximum absolute atomic E-state index is 11.8. The van der Waals surface area contributed by atoms with Crippen LogP contribution in [0.4, 0.5) is 5.13 Å². The van der Waals surface area contributed by atoms with Crippen LogP contribution in [0.25, 0.3) is 16.0 Å². The zero-order valence-electron chi connectivity index (χ0n) is 11.5. The monoisotopic (exact) mass is 298 g/mol. The summed E-state index contributed by atoms with van der Waals surface area (Å²) in [6, 6.07) is 9.90. The largest absolute Gasteiger partial charge is 0.302 e. The topological polar surface area (TPSA) is 59.8 Å². The fourth-order valence-electron chi connectivity index (χ4n) is 2.29. The first kappa shape index (κ1) is 12.5. The number of thiazole rings is 1. The Bertz CT molecular complexity index is 817. The molecule has 1 aliphatic rings. The van der Waals surface area contributed by atoms with Gasteiger partial charge >= 0.3 is 0 Å². The number of aryl methyl sites for hydroxylation is 1. The molecular formula is C15H14N4OS. The van der Waals surface area contributed by atoms with E-state index in [1.807, 2.05) is 41.9 Å². The molecule has 0 bridgehead atoms. The smallest absolute Gasteiger partial charge is 0.229 e. The number of amides is 1. The standard InChI is InChI=1S/C15H14N4OS/c1-9-12-13(19(18-9)11-5-3-2-4-6-11)16-15(21-12)17-14(20)10-7-8-10/h2-6,10H,7-8H2,1H3,(H,16,17,20). The molecule has 1 saturated carbocycles. The van der Waals surface area contributed by atoms with Gasteiger partial charge in [0.2, 0.25) is 5.91 Å². The Morgan fingerprint density at radius 3 is 2.81 bits per heavy atom. The first-order valence-electron chi connectivity index (χ1n) is 6.95. The minimum atomic E-state index is 0.0864. The Kier molecular flexibility index (Phi) is 2.78. The Labute approximate surface area is 125 Å². The number of para-hydroxylation sites is 1. The van der Waals surface area contributed by atoms with Crippen molar-refractivity contribution >= 4 is 32.7 Å². The molecule has 1 aliphatic carbocycles. The third-order valence-electron chi connectivity index (χ3n) is 3.57. The number of aromatic nitrogens is 3. The van der Waals surface area contributed by atoms with Crippen LogP contribution >= 0.6 is 11.3 Å². The van der Waals surface area contributed by atoms with Gasteiger partial charge in [-0.15, -0.1) is 0 Å². The number of rotatable bonds is 3. The summed E-state index contributed by atoms with van der Waals surface area (Å²) in [7, 11) is 0. The van der Waals surface area contributed by atoms with Crippen molar-refractivity contribution in [3.63, 3.8) is 0 Å². The van der Waals surface area contributed by atoms with E-state index in [0.717, 1.165) is 34.6 Å². The quantitative estimate of drug-likeness (QED) is 0.808. The van der Waals surface area contributed by atoms with Gasteiger partial charge in [-0.1, -0.05) is 29.5 Å². The van der Waals surface area contributed by atoms with E-state index >= 15 is 0 Å². The van der Waals surface area contributed by atoms with E-state index in [-0.39, 0.29) is 11.8 Å². The fraction of sp³-hybridized carbons (Fsp3) is 0.267. The van der Waals surface area contributed by atoms with Crippen molar-refractivity contribution < 1.29 is 4.79 Å². The van der Waals surface area contributed by atoms with Gasteiger partial charge in [0.15, 0.2) is 10.8 Å². The van der Waals surface area contributed by atoms with E-state index in [2.05, 4.69) is 15.4 Å². The van der Waals surface area contributed by atoms with Gasteiger partial charge in [-0.2, -0.15) is 10.1 Å². The molecule has 0 atom stereocenters. The molecule has 1 fully saturated rings. The summed E-state index contributed by atoms with van der Waals surface area (Å²) in [5.41, 5.74) is 2.70. The molecule has 1 aromatic carbocycles. The van der Waals surface area contributed by atoms with Crippen molar-refractivity contribution in [3.8, 4) is 5.69 Å². The van der Waals surface area contributed by atoms with E-state index in [1.54, 1.807) is 0 Å².